The van der Waals surface area contributed by atoms with Gasteiger partial charge >= 0.3 is 0 Å². The second kappa shape index (κ2) is 4.14. The SMILES string of the molecule is CC1CN(C(=O)CS)CCC1O. The minimum atomic E-state index is -0.242. The first-order chi connectivity index (χ1) is 5.65. The Morgan fingerprint density at radius 1 is 1.75 bits per heavy atom. The van der Waals surface area contributed by atoms with Gasteiger partial charge in [0.05, 0.1) is 11.9 Å². The number of piperidine rings is 1. The van der Waals surface area contributed by atoms with E-state index >= 15 is 0 Å². The van der Waals surface area contributed by atoms with Crippen molar-refractivity contribution in [3.63, 3.8) is 0 Å². The Labute approximate surface area is 78.2 Å². The predicted octanol–water partition coefficient (Wildman–Crippen LogP) is 0.145. The van der Waals surface area contributed by atoms with E-state index in [1.807, 2.05) is 6.92 Å². The van der Waals surface area contributed by atoms with Crippen LogP contribution in [0.2, 0.25) is 0 Å². The molecule has 0 bridgehead atoms. The summed E-state index contributed by atoms with van der Waals surface area (Å²) in [7, 11) is 0. The fourth-order valence-corrected chi connectivity index (χ4v) is 1.66. The van der Waals surface area contributed by atoms with Crippen molar-refractivity contribution in [3.05, 3.63) is 0 Å². The normalized spacial score (nSPS) is 30.4. The second-order valence-electron chi connectivity index (χ2n) is 3.33. The lowest BCUT2D eigenvalue weighted by molar-refractivity contribution is -0.131. The molecule has 1 aliphatic heterocycles. The van der Waals surface area contributed by atoms with Crippen molar-refractivity contribution >= 4 is 18.5 Å². The fourth-order valence-electron chi connectivity index (χ4n) is 1.46. The van der Waals surface area contributed by atoms with Crippen LogP contribution in [-0.4, -0.2) is 40.9 Å². The zero-order valence-electron chi connectivity index (χ0n) is 7.23. The van der Waals surface area contributed by atoms with Crippen molar-refractivity contribution in [1.29, 1.82) is 0 Å². The van der Waals surface area contributed by atoms with Crippen molar-refractivity contribution in [2.45, 2.75) is 19.4 Å². The third-order valence-electron chi connectivity index (χ3n) is 2.35. The molecule has 0 aliphatic carbocycles. The number of carbonyl (C=O) groups is 1. The molecule has 0 radical (unpaired) electrons. The average molecular weight is 189 g/mol. The molecule has 1 rings (SSSR count). The molecule has 0 spiro atoms. The molecule has 4 heteroatoms. The molecule has 2 atom stereocenters. The topological polar surface area (TPSA) is 40.5 Å². The number of aliphatic hydroxyl groups excluding tert-OH is 1. The second-order valence-corrected chi connectivity index (χ2v) is 3.65. The lowest BCUT2D eigenvalue weighted by atomic mass is 9.97. The monoisotopic (exact) mass is 189 g/mol. The van der Waals surface area contributed by atoms with Gasteiger partial charge in [-0.05, 0) is 12.3 Å². The zero-order chi connectivity index (χ0) is 9.14. The summed E-state index contributed by atoms with van der Waals surface area (Å²) < 4.78 is 0. The number of thiol groups is 1. The van der Waals surface area contributed by atoms with Crippen LogP contribution in [0.1, 0.15) is 13.3 Å². The highest BCUT2D eigenvalue weighted by Crippen LogP contribution is 2.16. The van der Waals surface area contributed by atoms with E-state index in [-0.39, 0.29) is 23.7 Å². The first-order valence-electron chi connectivity index (χ1n) is 4.22. The minimum Gasteiger partial charge on any atom is -0.393 e. The molecule has 0 aromatic carbocycles. The van der Waals surface area contributed by atoms with Crippen LogP contribution in [0.25, 0.3) is 0 Å². The molecule has 0 aromatic heterocycles. The third kappa shape index (κ3) is 2.14. The summed E-state index contributed by atoms with van der Waals surface area (Å²) in [5, 5.41) is 9.39. The van der Waals surface area contributed by atoms with Gasteiger partial charge < -0.3 is 10.0 Å². The summed E-state index contributed by atoms with van der Waals surface area (Å²) in [6, 6.07) is 0. The van der Waals surface area contributed by atoms with Gasteiger partial charge in [0.25, 0.3) is 0 Å². The molecule has 1 aliphatic rings. The van der Waals surface area contributed by atoms with Crippen LogP contribution >= 0.6 is 12.6 Å². The van der Waals surface area contributed by atoms with E-state index in [0.29, 0.717) is 19.5 Å². The van der Waals surface area contributed by atoms with E-state index in [0.717, 1.165) is 0 Å². The largest absolute Gasteiger partial charge is 0.393 e. The summed E-state index contributed by atoms with van der Waals surface area (Å²) in [6.45, 7) is 3.30. The van der Waals surface area contributed by atoms with E-state index in [4.69, 9.17) is 0 Å². The van der Waals surface area contributed by atoms with Crippen molar-refractivity contribution in [1.82, 2.24) is 4.90 Å². The Kier molecular flexibility index (Phi) is 3.40. The first-order valence-corrected chi connectivity index (χ1v) is 4.85. The first kappa shape index (κ1) is 9.86. The van der Waals surface area contributed by atoms with Gasteiger partial charge in [-0.15, -0.1) is 0 Å². The number of hydrogen-bond donors (Lipinski definition) is 2. The minimum absolute atomic E-state index is 0.0667. The predicted molar refractivity (Wildman–Crippen MR) is 50.2 cm³/mol. The molecule has 1 fully saturated rings. The van der Waals surface area contributed by atoms with Gasteiger partial charge in [-0.1, -0.05) is 6.92 Å². The Morgan fingerprint density at radius 3 is 2.92 bits per heavy atom. The number of nitrogens with zero attached hydrogens (tertiary/aromatic N) is 1. The number of carbonyl (C=O) groups excluding carboxylic acids is 1. The van der Waals surface area contributed by atoms with Crippen molar-refractivity contribution in [3.8, 4) is 0 Å². The van der Waals surface area contributed by atoms with E-state index in [1.54, 1.807) is 4.90 Å². The third-order valence-corrected chi connectivity index (χ3v) is 2.62. The van der Waals surface area contributed by atoms with E-state index in [2.05, 4.69) is 12.6 Å². The Hall–Kier alpha value is -0.220. The van der Waals surface area contributed by atoms with Gasteiger partial charge in [-0.2, -0.15) is 12.6 Å². The number of aliphatic hydroxyl groups is 1. The summed E-state index contributed by atoms with van der Waals surface area (Å²) in [6.07, 6.45) is 0.453. The van der Waals surface area contributed by atoms with Gasteiger partial charge in [0.2, 0.25) is 5.91 Å². The van der Waals surface area contributed by atoms with Crippen LogP contribution in [-0.2, 0) is 4.79 Å². The maximum atomic E-state index is 11.2. The fraction of sp³-hybridized carbons (Fsp3) is 0.875. The van der Waals surface area contributed by atoms with Crippen LogP contribution < -0.4 is 0 Å². The zero-order valence-corrected chi connectivity index (χ0v) is 8.13. The van der Waals surface area contributed by atoms with Crippen LogP contribution in [0.15, 0.2) is 0 Å². The molecule has 1 amide bonds. The highest BCUT2D eigenvalue weighted by Gasteiger charge is 2.26. The molecule has 0 aromatic rings. The maximum Gasteiger partial charge on any atom is 0.232 e. The molecule has 70 valence electrons. The highest BCUT2D eigenvalue weighted by molar-refractivity contribution is 7.81. The highest BCUT2D eigenvalue weighted by atomic mass is 32.1. The Morgan fingerprint density at radius 2 is 2.42 bits per heavy atom. The molecule has 0 saturated carbocycles. The van der Waals surface area contributed by atoms with Crippen LogP contribution in [0.3, 0.4) is 0 Å². The standard InChI is InChI=1S/C8H15NO2S/c1-6-4-9(8(11)5-12)3-2-7(6)10/h6-7,10,12H,2-5H2,1H3. The lowest BCUT2D eigenvalue weighted by Crippen LogP contribution is -2.45. The number of hydrogen-bond acceptors (Lipinski definition) is 3. The summed E-state index contributed by atoms with van der Waals surface area (Å²) in [4.78, 5) is 13.0. The van der Waals surface area contributed by atoms with E-state index in [9.17, 15) is 9.90 Å². The van der Waals surface area contributed by atoms with Crippen molar-refractivity contribution < 1.29 is 9.90 Å². The Balaban J connectivity index is 2.45. The summed E-state index contributed by atoms with van der Waals surface area (Å²) in [5.41, 5.74) is 0. The van der Waals surface area contributed by atoms with Gasteiger partial charge in [-0.25, -0.2) is 0 Å². The quantitative estimate of drug-likeness (QED) is 0.576. The molecule has 3 nitrogen and oxygen atoms in total. The molecule has 1 heterocycles. The molecule has 1 N–H and O–H groups in total. The molecular formula is C8H15NO2S. The number of likely N-dealkylation sites (tertiary alicyclic amines) is 1. The number of amides is 1. The van der Waals surface area contributed by atoms with Gasteiger partial charge in [-0.3, -0.25) is 4.79 Å². The van der Waals surface area contributed by atoms with Crippen LogP contribution in [0.4, 0.5) is 0 Å². The average Bonchev–Trinajstić information content (AvgIpc) is 2.08. The molecule has 2 unspecified atom stereocenters. The van der Waals surface area contributed by atoms with Crippen LogP contribution in [0, 0.1) is 5.92 Å². The van der Waals surface area contributed by atoms with Crippen molar-refractivity contribution in [2.75, 3.05) is 18.8 Å². The van der Waals surface area contributed by atoms with Gasteiger partial charge in [0.1, 0.15) is 0 Å². The van der Waals surface area contributed by atoms with Crippen LogP contribution in [0.5, 0.6) is 0 Å². The summed E-state index contributed by atoms with van der Waals surface area (Å²) >= 11 is 3.92. The number of rotatable bonds is 1. The lowest BCUT2D eigenvalue weighted by Gasteiger charge is -2.34. The maximum absolute atomic E-state index is 11.2. The smallest absolute Gasteiger partial charge is 0.232 e. The van der Waals surface area contributed by atoms with E-state index < -0.39 is 0 Å². The van der Waals surface area contributed by atoms with Crippen molar-refractivity contribution in [2.24, 2.45) is 5.92 Å². The van der Waals surface area contributed by atoms with Gasteiger partial charge in [0.15, 0.2) is 0 Å². The van der Waals surface area contributed by atoms with E-state index in [1.165, 1.54) is 0 Å². The molecule has 1 saturated heterocycles. The summed E-state index contributed by atoms with van der Waals surface area (Å²) in [5.74, 6) is 0.530. The Bertz CT molecular complexity index is 174. The molecular weight excluding hydrogens is 174 g/mol. The molecule has 12 heavy (non-hydrogen) atoms. The van der Waals surface area contributed by atoms with Gasteiger partial charge in [0, 0.05) is 13.1 Å².